The van der Waals surface area contributed by atoms with Gasteiger partial charge in [-0.1, -0.05) is 62.2 Å². The molecule has 8 rings (SSSR count). The Kier molecular flexibility index (Phi) is 10.4. The molecule has 296 valence electrons. The molecule has 4 heterocycles. The van der Waals surface area contributed by atoms with E-state index in [0.717, 1.165) is 36.5 Å². The number of unbranched alkanes of at least 4 members (excludes halogenated alkanes) is 3. The summed E-state index contributed by atoms with van der Waals surface area (Å²) >= 11 is 0. The lowest BCUT2D eigenvalue weighted by molar-refractivity contribution is -0.139. The maximum atomic E-state index is 14.4. The number of benzene rings is 2. The molecule has 3 aromatic heterocycles. The van der Waals surface area contributed by atoms with Crippen LogP contribution in [-0.4, -0.2) is 82.9 Å². The van der Waals surface area contributed by atoms with Crippen molar-refractivity contribution in [2.75, 3.05) is 13.1 Å². The van der Waals surface area contributed by atoms with Crippen molar-refractivity contribution in [3.63, 3.8) is 0 Å². The van der Waals surface area contributed by atoms with E-state index in [2.05, 4.69) is 27.3 Å². The van der Waals surface area contributed by atoms with E-state index in [1.165, 1.54) is 17.3 Å². The summed E-state index contributed by atoms with van der Waals surface area (Å²) in [6, 6.07) is 17.1. The fraction of sp³-hybridized carbons (Fsp3) is 0.381. The molecule has 0 radical (unpaired) electrons. The van der Waals surface area contributed by atoms with Crippen LogP contribution in [0.5, 0.6) is 5.88 Å². The zero-order valence-corrected chi connectivity index (χ0v) is 32.3. The lowest BCUT2D eigenvalue weighted by atomic mass is 10.1. The van der Waals surface area contributed by atoms with Gasteiger partial charge in [-0.3, -0.25) is 28.9 Å². The summed E-state index contributed by atoms with van der Waals surface area (Å²) < 4.78 is 40.8. The maximum Gasteiger partial charge on any atom is 0.259 e. The third-order valence-electron chi connectivity index (χ3n) is 11.0. The molecular formula is C42H44N6O8S. The van der Waals surface area contributed by atoms with Gasteiger partial charge >= 0.3 is 0 Å². The Labute approximate surface area is 329 Å². The largest absolute Gasteiger partial charge is 0.472 e. The lowest BCUT2D eigenvalue weighted by Crippen LogP contribution is -2.57. The smallest absolute Gasteiger partial charge is 0.259 e. The van der Waals surface area contributed by atoms with Gasteiger partial charge in [0.05, 0.1) is 23.9 Å². The van der Waals surface area contributed by atoms with E-state index >= 15 is 0 Å². The minimum Gasteiger partial charge on any atom is -0.472 e. The Morgan fingerprint density at radius 2 is 1.77 bits per heavy atom. The first-order chi connectivity index (χ1) is 27.6. The quantitative estimate of drug-likeness (QED) is 0.0969. The minimum absolute atomic E-state index is 0.0316. The Morgan fingerprint density at radius 3 is 2.53 bits per heavy atom. The summed E-state index contributed by atoms with van der Waals surface area (Å²) in [7, 11) is -3.91. The predicted octanol–water partition coefficient (Wildman–Crippen LogP) is 4.93. The molecule has 0 unspecified atom stereocenters. The Hall–Kier alpha value is -5.83. The number of amides is 4. The molecule has 14 nitrogen and oxygen atoms in total. The van der Waals surface area contributed by atoms with Gasteiger partial charge in [0.15, 0.2) is 5.58 Å². The topological polar surface area (TPSA) is 190 Å². The van der Waals surface area contributed by atoms with E-state index < -0.39 is 69.0 Å². The summed E-state index contributed by atoms with van der Waals surface area (Å²) in [5.74, 6) is -2.64. The van der Waals surface area contributed by atoms with Crippen LogP contribution in [0.3, 0.4) is 0 Å². The monoisotopic (exact) mass is 792 g/mol. The summed E-state index contributed by atoms with van der Waals surface area (Å²) in [6.45, 7) is 1.65. The molecule has 4 amide bonds. The molecule has 0 spiro atoms. The van der Waals surface area contributed by atoms with Crippen LogP contribution in [0, 0.1) is 5.92 Å². The highest BCUT2D eigenvalue weighted by Crippen LogP contribution is 2.46. The second-order valence-corrected chi connectivity index (χ2v) is 17.0. The van der Waals surface area contributed by atoms with Gasteiger partial charge in [-0.25, -0.2) is 13.4 Å². The number of sulfonamides is 1. The molecule has 2 aromatic carbocycles. The summed E-state index contributed by atoms with van der Waals surface area (Å²) in [5, 5.41) is 7.13. The average molecular weight is 793 g/mol. The van der Waals surface area contributed by atoms with Gasteiger partial charge < -0.3 is 24.7 Å². The van der Waals surface area contributed by atoms with E-state index in [1.54, 1.807) is 12.1 Å². The normalized spacial score (nSPS) is 21.9. The third kappa shape index (κ3) is 7.80. The number of nitrogens with zero attached hydrogens (tertiary/aromatic N) is 3. The van der Waals surface area contributed by atoms with Gasteiger partial charge in [0.25, 0.3) is 11.8 Å². The third-order valence-corrected chi connectivity index (χ3v) is 12.8. The van der Waals surface area contributed by atoms with Crippen molar-refractivity contribution in [3.05, 3.63) is 90.8 Å². The molecule has 4 atom stereocenters. The summed E-state index contributed by atoms with van der Waals surface area (Å²) in [6.07, 6.45) is 11.0. The molecule has 15 heteroatoms. The molecule has 0 bridgehead atoms. The molecular weight excluding hydrogens is 749 g/mol. The average Bonchev–Trinajstić information content (AvgIpc) is 4.12. The number of pyridine rings is 2. The highest BCUT2D eigenvalue weighted by atomic mass is 32.2. The van der Waals surface area contributed by atoms with E-state index in [0.29, 0.717) is 40.8 Å². The number of allylic oxidation sites excluding steroid dienone is 1. The fourth-order valence-corrected chi connectivity index (χ4v) is 8.97. The van der Waals surface area contributed by atoms with E-state index in [1.807, 2.05) is 60.7 Å². The number of hydrogen-bond acceptors (Lipinski definition) is 10. The summed E-state index contributed by atoms with van der Waals surface area (Å²) in [5.41, 5.74) is 0.623. The first-order valence-electron chi connectivity index (χ1n) is 19.5. The number of nitrogens with one attached hydrogen (secondary N) is 3. The molecule has 57 heavy (non-hydrogen) atoms. The van der Waals surface area contributed by atoms with Crippen molar-refractivity contribution in [3.8, 4) is 5.88 Å². The van der Waals surface area contributed by atoms with Crippen molar-refractivity contribution in [1.29, 1.82) is 0 Å². The van der Waals surface area contributed by atoms with Gasteiger partial charge in [0.2, 0.25) is 27.7 Å². The van der Waals surface area contributed by atoms with Crippen LogP contribution in [-0.2, 0) is 24.4 Å². The standard InChI is InChI=1S/C42H44N6O8S/c1-2-3-4-5-6-13-27-22-42(27,41(52)47-57(53,54)29-18-19-29)46-39(51)33-21-28(25-48(33)35(49)24-44-38(50)26-12-11-20-43-23-26)55-40-31-15-8-7-14-30(31)37-36(45-40)32-16-9-10-17-34(32)56-37/h6-17,20,23,27-29,33H,2-5,18-19,21-22,24-25H2,1H3,(H,44,50)(H,46,51)(H,47,52)/b13-6-/t27-,28-,33+,42-/m1/s1. The van der Waals surface area contributed by atoms with Gasteiger partial charge in [-0.05, 0) is 62.4 Å². The number of furan rings is 1. The van der Waals surface area contributed by atoms with Crippen molar-refractivity contribution in [2.24, 2.45) is 5.92 Å². The van der Waals surface area contributed by atoms with Crippen LogP contribution in [0.25, 0.3) is 32.8 Å². The van der Waals surface area contributed by atoms with Gasteiger partial charge in [0, 0.05) is 40.9 Å². The lowest BCUT2D eigenvalue weighted by Gasteiger charge is -2.26. The number of rotatable bonds is 15. The van der Waals surface area contributed by atoms with E-state index in [9.17, 15) is 27.6 Å². The fourth-order valence-electron chi connectivity index (χ4n) is 7.61. The number of hydrogen-bond donors (Lipinski definition) is 3. The second-order valence-electron chi connectivity index (χ2n) is 15.1. The Balaban J connectivity index is 1.07. The predicted molar refractivity (Wildman–Crippen MR) is 212 cm³/mol. The van der Waals surface area contributed by atoms with Crippen LogP contribution in [0.2, 0.25) is 0 Å². The van der Waals surface area contributed by atoms with Gasteiger partial charge in [0.1, 0.15) is 28.8 Å². The molecule has 1 aliphatic heterocycles. The van der Waals surface area contributed by atoms with Crippen molar-refractivity contribution in [2.45, 2.75) is 81.2 Å². The van der Waals surface area contributed by atoms with Crippen LogP contribution in [0.15, 0.2) is 89.6 Å². The highest BCUT2D eigenvalue weighted by molar-refractivity contribution is 7.91. The molecule has 5 aromatic rings. The number of para-hydroxylation sites is 1. The van der Waals surface area contributed by atoms with Crippen molar-refractivity contribution < 1.29 is 36.7 Å². The van der Waals surface area contributed by atoms with E-state index in [4.69, 9.17) is 14.1 Å². The van der Waals surface area contributed by atoms with Crippen LogP contribution in [0.4, 0.5) is 0 Å². The number of aromatic nitrogens is 2. The number of carbonyl (C=O) groups excluding carboxylic acids is 4. The molecule has 3 N–H and O–H groups in total. The molecule has 3 fully saturated rings. The van der Waals surface area contributed by atoms with E-state index in [-0.39, 0.29) is 24.9 Å². The van der Waals surface area contributed by atoms with Crippen LogP contribution < -0.4 is 20.1 Å². The number of ether oxygens (including phenoxy) is 1. The van der Waals surface area contributed by atoms with Crippen molar-refractivity contribution >= 4 is 66.5 Å². The van der Waals surface area contributed by atoms with Crippen molar-refractivity contribution in [1.82, 2.24) is 30.2 Å². The SMILES string of the molecule is CCCCC/C=C\[C@@H]1C[C@]1(NC(=O)[C@@H]1C[C@@H](Oc2nc3c4ccccc4oc3c3ccccc23)CN1C(=O)CNC(=O)c1cccnc1)C(=O)NS(=O)(=O)C1CC1. The molecule has 2 aliphatic carbocycles. The molecule has 1 saturated heterocycles. The van der Waals surface area contributed by atoms with Gasteiger partial charge in [-0.2, -0.15) is 0 Å². The zero-order chi connectivity index (χ0) is 39.7. The summed E-state index contributed by atoms with van der Waals surface area (Å²) in [4.78, 5) is 65.2. The molecule has 3 aliphatic rings. The zero-order valence-electron chi connectivity index (χ0n) is 31.5. The number of likely N-dealkylation sites (tertiary alicyclic amines) is 1. The number of fused-ring (bicyclic) bond motifs is 5. The highest BCUT2D eigenvalue weighted by Gasteiger charge is 2.62. The molecule has 2 saturated carbocycles. The Bertz CT molecular complexity index is 2500. The number of carbonyl (C=O) groups is 4. The van der Waals surface area contributed by atoms with Gasteiger partial charge in [-0.15, -0.1) is 0 Å². The van der Waals surface area contributed by atoms with Crippen LogP contribution >= 0.6 is 0 Å². The Morgan fingerprint density at radius 1 is 1.00 bits per heavy atom. The minimum atomic E-state index is -3.91. The maximum absolute atomic E-state index is 14.4. The second kappa shape index (κ2) is 15.6. The van der Waals surface area contributed by atoms with Crippen LogP contribution in [0.1, 0.15) is 68.6 Å². The first-order valence-corrected chi connectivity index (χ1v) is 21.0. The first kappa shape index (κ1) is 38.1.